The highest BCUT2D eigenvalue weighted by molar-refractivity contribution is 7.13. The summed E-state index contributed by atoms with van der Waals surface area (Å²) in [5.41, 5.74) is 3.82. The molecule has 8 heteroatoms. The van der Waals surface area contributed by atoms with E-state index in [0.717, 1.165) is 46.3 Å². The minimum atomic E-state index is -0.162. The topological polar surface area (TPSA) is 72.9 Å². The highest BCUT2D eigenvalue weighted by atomic mass is 32.1. The molecule has 198 valence electrons. The average molecular weight is 532 g/mol. The molecule has 0 aliphatic rings. The predicted molar refractivity (Wildman–Crippen MR) is 152 cm³/mol. The van der Waals surface area contributed by atoms with E-state index < -0.39 is 0 Å². The molecule has 0 radical (unpaired) electrons. The second-order valence-corrected chi connectivity index (χ2v) is 9.62. The van der Waals surface area contributed by atoms with E-state index >= 15 is 0 Å². The van der Waals surface area contributed by atoms with Gasteiger partial charge in [-0.05, 0) is 65.9 Å². The van der Waals surface area contributed by atoms with E-state index in [1.807, 2.05) is 66.0 Å². The molecular weight excluding hydrogens is 498 g/mol. The van der Waals surface area contributed by atoms with Crippen LogP contribution >= 0.6 is 11.3 Å². The van der Waals surface area contributed by atoms with Gasteiger partial charge in [-0.25, -0.2) is 4.98 Å². The summed E-state index contributed by atoms with van der Waals surface area (Å²) in [5.74, 6) is 2.29. The third-order valence-corrected chi connectivity index (χ3v) is 7.00. The molecule has 0 aliphatic heterocycles. The maximum atomic E-state index is 12.8. The summed E-state index contributed by atoms with van der Waals surface area (Å²) >= 11 is 1.46. The van der Waals surface area contributed by atoms with E-state index in [-0.39, 0.29) is 5.91 Å². The first-order chi connectivity index (χ1) is 18.6. The molecule has 0 atom stereocenters. The number of carbonyl (C=O) groups is 1. The summed E-state index contributed by atoms with van der Waals surface area (Å²) in [4.78, 5) is 19.7. The van der Waals surface area contributed by atoms with Gasteiger partial charge in [0.1, 0.15) is 22.9 Å². The summed E-state index contributed by atoms with van der Waals surface area (Å²) in [6.07, 6.45) is 1.72. The zero-order chi connectivity index (χ0) is 26.7. The molecule has 1 aromatic heterocycles. The van der Waals surface area contributed by atoms with Crippen LogP contribution < -0.4 is 24.4 Å². The van der Waals surface area contributed by atoms with Gasteiger partial charge < -0.3 is 24.4 Å². The monoisotopic (exact) mass is 531 g/mol. The van der Waals surface area contributed by atoms with Gasteiger partial charge in [0.05, 0.1) is 21.3 Å². The third-order valence-electron chi connectivity index (χ3n) is 6.10. The predicted octanol–water partition coefficient (Wildman–Crippen LogP) is 5.74. The van der Waals surface area contributed by atoms with Gasteiger partial charge in [-0.3, -0.25) is 4.79 Å². The number of aromatic nitrogens is 1. The number of rotatable bonds is 13. The minimum Gasteiger partial charge on any atom is -0.497 e. The molecule has 1 N–H and O–H groups in total. The smallest absolute Gasteiger partial charge is 0.270 e. The molecule has 38 heavy (non-hydrogen) atoms. The van der Waals surface area contributed by atoms with E-state index in [4.69, 9.17) is 19.2 Å². The van der Waals surface area contributed by atoms with Crippen LogP contribution in [0.15, 0.2) is 78.2 Å². The van der Waals surface area contributed by atoms with Gasteiger partial charge in [-0.1, -0.05) is 36.4 Å². The number of hydrogen-bond acceptors (Lipinski definition) is 7. The van der Waals surface area contributed by atoms with Crippen LogP contribution in [-0.4, -0.2) is 38.8 Å². The van der Waals surface area contributed by atoms with Crippen molar-refractivity contribution >= 4 is 22.4 Å². The normalized spacial score (nSPS) is 10.6. The van der Waals surface area contributed by atoms with Crippen molar-refractivity contribution in [2.75, 3.05) is 32.8 Å². The molecule has 0 saturated carbocycles. The van der Waals surface area contributed by atoms with E-state index in [2.05, 4.69) is 22.3 Å². The first kappa shape index (κ1) is 27.0. The van der Waals surface area contributed by atoms with Gasteiger partial charge in [0.15, 0.2) is 5.13 Å². The lowest BCUT2D eigenvalue weighted by molar-refractivity contribution is 0.0949. The summed E-state index contributed by atoms with van der Waals surface area (Å²) in [5, 5.41) is 5.60. The number of nitrogens with one attached hydrogen (secondary N) is 1. The fourth-order valence-corrected chi connectivity index (χ4v) is 4.87. The van der Waals surface area contributed by atoms with Gasteiger partial charge in [-0.15, -0.1) is 11.3 Å². The van der Waals surface area contributed by atoms with Crippen LogP contribution in [0.2, 0.25) is 0 Å². The lowest BCUT2D eigenvalue weighted by Crippen LogP contribution is -2.26. The Morgan fingerprint density at radius 2 is 1.42 bits per heavy atom. The molecule has 0 aliphatic carbocycles. The summed E-state index contributed by atoms with van der Waals surface area (Å²) in [7, 11) is 4.98. The third kappa shape index (κ3) is 7.49. The van der Waals surface area contributed by atoms with Crippen LogP contribution in [0.1, 0.15) is 33.6 Å². The largest absolute Gasteiger partial charge is 0.497 e. The van der Waals surface area contributed by atoms with Crippen LogP contribution in [0.25, 0.3) is 0 Å². The molecule has 7 nitrogen and oxygen atoms in total. The molecule has 4 rings (SSSR count). The summed E-state index contributed by atoms with van der Waals surface area (Å²) in [6, 6.07) is 24.0. The molecule has 1 heterocycles. The van der Waals surface area contributed by atoms with Crippen molar-refractivity contribution in [3.8, 4) is 17.2 Å². The number of aryl methyl sites for hydroxylation is 1. The van der Waals surface area contributed by atoms with Crippen molar-refractivity contribution in [3.63, 3.8) is 0 Å². The standard InChI is InChI=1S/C30H33N3O4S/c1-35-25-14-12-22(13-15-25)9-6-16-31-29(34)28-21-38-30(32-28)33(19-23-7-4-10-26(17-23)36-2)20-24-8-5-11-27(18-24)37-3/h4-5,7-8,10-15,17-18,21H,6,9,16,19-20H2,1-3H3,(H,31,34). The lowest BCUT2D eigenvalue weighted by atomic mass is 10.1. The van der Waals surface area contributed by atoms with Crippen molar-refractivity contribution in [2.45, 2.75) is 25.9 Å². The molecule has 0 bridgehead atoms. The van der Waals surface area contributed by atoms with E-state index in [9.17, 15) is 4.79 Å². The number of ether oxygens (including phenoxy) is 3. The van der Waals surface area contributed by atoms with Gasteiger partial charge in [-0.2, -0.15) is 0 Å². The van der Waals surface area contributed by atoms with Crippen molar-refractivity contribution in [2.24, 2.45) is 0 Å². The maximum absolute atomic E-state index is 12.8. The van der Waals surface area contributed by atoms with Gasteiger partial charge >= 0.3 is 0 Å². The van der Waals surface area contributed by atoms with Crippen molar-refractivity contribution in [1.29, 1.82) is 0 Å². The van der Waals surface area contributed by atoms with Crippen molar-refractivity contribution in [3.05, 3.63) is 101 Å². The SMILES string of the molecule is COc1ccc(CCCNC(=O)c2csc(N(Cc3cccc(OC)c3)Cc3cccc(OC)c3)n2)cc1. The highest BCUT2D eigenvalue weighted by Crippen LogP contribution is 2.26. The molecule has 0 spiro atoms. The fourth-order valence-electron chi connectivity index (χ4n) is 4.06. The Morgan fingerprint density at radius 3 is 2.00 bits per heavy atom. The van der Waals surface area contributed by atoms with Crippen LogP contribution in [-0.2, 0) is 19.5 Å². The van der Waals surface area contributed by atoms with Gasteiger partial charge in [0, 0.05) is 25.0 Å². The first-order valence-electron chi connectivity index (χ1n) is 12.5. The fraction of sp³-hybridized carbons (Fsp3) is 0.267. The molecule has 1 amide bonds. The Balaban J connectivity index is 1.41. The summed E-state index contributed by atoms with van der Waals surface area (Å²) in [6.45, 7) is 1.81. The Hall–Kier alpha value is -4.04. The van der Waals surface area contributed by atoms with E-state index in [1.165, 1.54) is 16.9 Å². The number of amides is 1. The highest BCUT2D eigenvalue weighted by Gasteiger charge is 2.17. The second kappa shape index (κ2) is 13.5. The van der Waals surface area contributed by atoms with Crippen molar-refractivity contribution in [1.82, 2.24) is 10.3 Å². The van der Waals surface area contributed by atoms with Gasteiger partial charge in [0.2, 0.25) is 0 Å². The number of carbonyl (C=O) groups excluding carboxylic acids is 1. The second-order valence-electron chi connectivity index (χ2n) is 8.78. The lowest BCUT2D eigenvalue weighted by Gasteiger charge is -2.22. The van der Waals surface area contributed by atoms with Crippen molar-refractivity contribution < 1.29 is 19.0 Å². The zero-order valence-electron chi connectivity index (χ0n) is 22.0. The number of anilines is 1. The first-order valence-corrected chi connectivity index (χ1v) is 13.3. The minimum absolute atomic E-state index is 0.162. The van der Waals surface area contributed by atoms with Crippen LogP contribution in [0, 0.1) is 0 Å². The van der Waals surface area contributed by atoms with Crippen LogP contribution in [0.5, 0.6) is 17.2 Å². The number of hydrogen-bond donors (Lipinski definition) is 1. The Kier molecular flexibility index (Phi) is 9.59. The number of thiazole rings is 1. The Bertz CT molecular complexity index is 1270. The van der Waals surface area contributed by atoms with Crippen LogP contribution in [0.4, 0.5) is 5.13 Å². The molecule has 0 unspecified atom stereocenters. The number of benzene rings is 3. The molecule has 0 saturated heterocycles. The maximum Gasteiger partial charge on any atom is 0.270 e. The Morgan fingerprint density at radius 1 is 0.816 bits per heavy atom. The van der Waals surface area contributed by atoms with Crippen LogP contribution in [0.3, 0.4) is 0 Å². The van der Waals surface area contributed by atoms with E-state index in [0.29, 0.717) is 25.3 Å². The quantitative estimate of drug-likeness (QED) is 0.222. The number of nitrogens with zero attached hydrogens (tertiary/aromatic N) is 2. The number of methoxy groups -OCH3 is 3. The Labute approximate surface area is 228 Å². The zero-order valence-corrected chi connectivity index (χ0v) is 22.8. The molecule has 3 aromatic carbocycles. The average Bonchev–Trinajstić information content (AvgIpc) is 3.46. The van der Waals surface area contributed by atoms with E-state index in [1.54, 1.807) is 21.3 Å². The molecule has 4 aromatic rings. The summed E-state index contributed by atoms with van der Waals surface area (Å²) < 4.78 is 16.0. The van der Waals surface area contributed by atoms with Gasteiger partial charge in [0.25, 0.3) is 5.91 Å². The molecular formula is C30H33N3O4S. The molecule has 0 fully saturated rings.